The molecule has 0 amide bonds. The standard InChI is InChI=1S/C7H14BrN5/c1-6(3-4-8)9-5-7-10-12-13(2)11-7/h6,9H,3-5H2,1-2H3. The summed E-state index contributed by atoms with van der Waals surface area (Å²) in [5.41, 5.74) is 0. The van der Waals surface area contributed by atoms with Gasteiger partial charge in [-0.25, -0.2) is 0 Å². The van der Waals surface area contributed by atoms with Crippen LogP contribution in [0.15, 0.2) is 0 Å². The molecule has 6 heteroatoms. The first-order chi connectivity index (χ1) is 6.22. The molecule has 0 bridgehead atoms. The lowest BCUT2D eigenvalue weighted by atomic mass is 10.2. The van der Waals surface area contributed by atoms with E-state index in [1.165, 1.54) is 4.80 Å². The Kier molecular flexibility index (Phi) is 4.31. The van der Waals surface area contributed by atoms with Gasteiger partial charge in [-0.05, 0) is 18.6 Å². The van der Waals surface area contributed by atoms with Crippen molar-refractivity contribution in [3.05, 3.63) is 5.82 Å². The summed E-state index contributed by atoms with van der Waals surface area (Å²) in [5.74, 6) is 0.740. The molecule has 1 aromatic rings. The zero-order valence-corrected chi connectivity index (χ0v) is 9.45. The van der Waals surface area contributed by atoms with Crippen LogP contribution in [0.4, 0.5) is 0 Å². The highest BCUT2D eigenvalue weighted by molar-refractivity contribution is 9.09. The van der Waals surface area contributed by atoms with Crippen molar-refractivity contribution in [1.29, 1.82) is 0 Å². The van der Waals surface area contributed by atoms with Gasteiger partial charge < -0.3 is 5.32 Å². The van der Waals surface area contributed by atoms with E-state index in [-0.39, 0.29) is 0 Å². The minimum Gasteiger partial charge on any atom is -0.307 e. The summed E-state index contributed by atoms with van der Waals surface area (Å²) in [4.78, 5) is 1.46. The van der Waals surface area contributed by atoms with Gasteiger partial charge in [0.25, 0.3) is 0 Å². The molecule has 5 nitrogen and oxygen atoms in total. The topological polar surface area (TPSA) is 55.6 Å². The van der Waals surface area contributed by atoms with Gasteiger partial charge in [-0.3, -0.25) is 0 Å². The Morgan fingerprint density at radius 1 is 1.62 bits per heavy atom. The van der Waals surface area contributed by atoms with Crippen LogP contribution in [0.2, 0.25) is 0 Å². The summed E-state index contributed by atoms with van der Waals surface area (Å²) in [6.07, 6.45) is 1.10. The SMILES string of the molecule is CC(CCBr)NCc1nnn(C)n1. The highest BCUT2D eigenvalue weighted by Crippen LogP contribution is 1.95. The first-order valence-corrected chi connectivity index (χ1v) is 5.36. The predicted octanol–water partition coefficient (Wildman–Crippen LogP) is 0.473. The highest BCUT2D eigenvalue weighted by atomic mass is 79.9. The molecular formula is C7H14BrN5. The molecule has 1 unspecified atom stereocenters. The van der Waals surface area contributed by atoms with Crippen molar-refractivity contribution in [2.75, 3.05) is 5.33 Å². The summed E-state index contributed by atoms with van der Waals surface area (Å²) in [6, 6.07) is 0.475. The van der Waals surface area contributed by atoms with Crippen molar-refractivity contribution in [2.24, 2.45) is 7.05 Å². The van der Waals surface area contributed by atoms with Gasteiger partial charge >= 0.3 is 0 Å². The molecule has 1 aromatic heterocycles. The van der Waals surface area contributed by atoms with E-state index in [4.69, 9.17) is 0 Å². The molecule has 0 fully saturated rings. The van der Waals surface area contributed by atoms with E-state index in [1.54, 1.807) is 7.05 Å². The molecule has 1 heterocycles. The van der Waals surface area contributed by atoms with Gasteiger partial charge in [0, 0.05) is 11.4 Å². The number of aromatic nitrogens is 4. The average molecular weight is 248 g/mol. The first kappa shape index (κ1) is 10.6. The fourth-order valence-corrected chi connectivity index (χ4v) is 1.61. The van der Waals surface area contributed by atoms with Crippen LogP contribution in [0, 0.1) is 0 Å². The van der Waals surface area contributed by atoms with Crippen LogP contribution in [-0.4, -0.2) is 31.6 Å². The van der Waals surface area contributed by atoms with Crippen molar-refractivity contribution < 1.29 is 0 Å². The van der Waals surface area contributed by atoms with Crippen molar-refractivity contribution in [3.8, 4) is 0 Å². The van der Waals surface area contributed by atoms with Crippen LogP contribution < -0.4 is 5.32 Å². The van der Waals surface area contributed by atoms with Crippen molar-refractivity contribution in [3.63, 3.8) is 0 Å². The van der Waals surface area contributed by atoms with E-state index in [1.807, 2.05) is 0 Å². The minimum absolute atomic E-state index is 0.475. The van der Waals surface area contributed by atoms with Gasteiger partial charge in [0.15, 0.2) is 5.82 Å². The lowest BCUT2D eigenvalue weighted by Crippen LogP contribution is -2.26. The number of nitrogens with zero attached hydrogens (tertiary/aromatic N) is 4. The number of hydrogen-bond donors (Lipinski definition) is 1. The summed E-state index contributed by atoms with van der Waals surface area (Å²) < 4.78 is 0. The number of rotatable bonds is 5. The van der Waals surface area contributed by atoms with Gasteiger partial charge in [-0.15, -0.1) is 10.2 Å². The maximum atomic E-state index is 4.06. The molecule has 0 aliphatic heterocycles. The van der Waals surface area contributed by atoms with Crippen LogP contribution >= 0.6 is 15.9 Å². The highest BCUT2D eigenvalue weighted by Gasteiger charge is 2.03. The number of halogens is 1. The second kappa shape index (κ2) is 5.29. The molecule has 0 radical (unpaired) electrons. The Labute approximate surface area is 86.0 Å². The monoisotopic (exact) mass is 247 g/mol. The molecule has 1 rings (SSSR count). The van der Waals surface area contributed by atoms with E-state index < -0.39 is 0 Å². The Balaban J connectivity index is 2.26. The molecule has 1 atom stereocenters. The molecule has 0 saturated heterocycles. The average Bonchev–Trinajstić information content (AvgIpc) is 2.49. The quantitative estimate of drug-likeness (QED) is 0.770. The van der Waals surface area contributed by atoms with Crippen LogP contribution in [0.1, 0.15) is 19.2 Å². The fraction of sp³-hybridized carbons (Fsp3) is 0.857. The van der Waals surface area contributed by atoms with E-state index in [0.29, 0.717) is 12.6 Å². The molecule has 0 aromatic carbocycles. The second-order valence-corrected chi connectivity index (χ2v) is 3.75. The lowest BCUT2D eigenvalue weighted by Gasteiger charge is -2.09. The largest absolute Gasteiger partial charge is 0.307 e. The number of tetrazole rings is 1. The van der Waals surface area contributed by atoms with Gasteiger partial charge in [0.05, 0.1) is 13.6 Å². The predicted molar refractivity (Wildman–Crippen MR) is 53.5 cm³/mol. The van der Waals surface area contributed by atoms with Crippen LogP contribution in [-0.2, 0) is 13.6 Å². The molecule has 0 saturated carbocycles. The van der Waals surface area contributed by atoms with Crippen LogP contribution in [0.5, 0.6) is 0 Å². The molecule has 1 N–H and O–H groups in total. The molecule has 13 heavy (non-hydrogen) atoms. The summed E-state index contributed by atoms with van der Waals surface area (Å²) in [6.45, 7) is 2.82. The van der Waals surface area contributed by atoms with Crippen molar-refractivity contribution in [2.45, 2.75) is 25.9 Å². The molecule has 74 valence electrons. The van der Waals surface area contributed by atoms with E-state index in [2.05, 4.69) is 43.6 Å². The van der Waals surface area contributed by atoms with Crippen LogP contribution in [0.3, 0.4) is 0 Å². The van der Waals surface area contributed by atoms with E-state index in [0.717, 1.165) is 17.6 Å². The molecule has 0 aliphatic carbocycles. The Hall–Kier alpha value is -0.490. The summed E-state index contributed by atoms with van der Waals surface area (Å²) >= 11 is 3.39. The zero-order chi connectivity index (χ0) is 9.68. The van der Waals surface area contributed by atoms with Gasteiger partial charge in [0.2, 0.25) is 0 Å². The maximum Gasteiger partial charge on any atom is 0.188 e. The Morgan fingerprint density at radius 2 is 2.38 bits per heavy atom. The third kappa shape index (κ3) is 3.82. The van der Waals surface area contributed by atoms with Crippen LogP contribution in [0.25, 0.3) is 0 Å². The zero-order valence-electron chi connectivity index (χ0n) is 7.87. The first-order valence-electron chi connectivity index (χ1n) is 4.24. The smallest absolute Gasteiger partial charge is 0.188 e. The minimum atomic E-state index is 0.475. The molecule has 0 aliphatic rings. The number of alkyl halides is 1. The molecular weight excluding hydrogens is 234 g/mol. The third-order valence-corrected chi connectivity index (χ3v) is 2.16. The van der Waals surface area contributed by atoms with Gasteiger partial charge in [-0.2, -0.15) is 4.80 Å². The van der Waals surface area contributed by atoms with Crippen molar-refractivity contribution in [1.82, 2.24) is 25.5 Å². The Bertz CT molecular complexity index is 249. The fourth-order valence-electron chi connectivity index (χ4n) is 0.925. The number of aryl methyl sites for hydroxylation is 1. The normalized spacial score (nSPS) is 13.2. The second-order valence-electron chi connectivity index (χ2n) is 2.95. The van der Waals surface area contributed by atoms with Gasteiger partial charge in [0.1, 0.15) is 0 Å². The van der Waals surface area contributed by atoms with E-state index in [9.17, 15) is 0 Å². The third-order valence-electron chi connectivity index (χ3n) is 1.70. The maximum absolute atomic E-state index is 4.06. The molecule has 0 spiro atoms. The summed E-state index contributed by atoms with van der Waals surface area (Å²) in [5, 5.41) is 16.0. The van der Waals surface area contributed by atoms with Gasteiger partial charge in [-0.1, -0.05) is 15.9 Å². The number of hydrogen-bond acceptors (Lipinski definition) is 4. The number of nitrogens with one attached hydrogen (secondary N) is 1. The Morgan fingerprint density at radius 3 is 2.92 bits per heavy atom. The lowest BCUT2D eigenvalue weighted by molar-refractivity contribution is 0.525. The van der Waals surface area contributed by atoms with Crippen molar-refractivity contribution >= 4 is 15.9 Å². The summed E-state index contributed by atoms with van der Waals surface area (Å²) in [7, 11) is 1.76. The van der Waals surface area contributed by atoms with E-state index >= 15 is 0 Å².